The molecule has 208 valence electrons. The van der Waals surface area contributed by atoms with Gasteiger partial charge in [0.25, 0.3) is 0 Å². The summed E-state index contributed by atoms with van der Waals surface area (Å²) in [6, 6.07) is 47.3. The van der Waals surface area contributed by atoms with Crippen molar-refractivity contribution in [3.05, 3.63) is 145 Å². The number of hydrogen-bond acceptors (Lipinski definition) is 3. The molecule has 7 rings (SSSR count). The van der Waals surface area contributed by atoms with Crippen molar-refractivity contribution in [2.24, 2.45) is 0 Å². The maximum Gasteiger partial charge on any atom is 0.166 e. The molecule has 0 aliphatic rings. The lowest BCUT2D eigenvalue weighted by Crippen LogP contribution is -2.04. The molecule has 0 heterocycles. The Morgan fingerprint density at radius 1 is 0.548 bits per heavy atom. The number of rotatable bonds is 6. The summed E-state index contributed by atoms with van der Waals surface area (Å²) in [7, 11) is -4.50. The van der Waals surface area contributed by atoms with E-state index in [1.54, 1.807) is 12.1 Å². The molecular weight excluding hydrogens is 557 g/mol. The molecule has 42 heavy (non-hydrogen) atoms. The Balaban J connectivity index is 0.000000151. The third-order valence-corrected chi connectivity index (χ3v) is 10.5. The monoisotopic (exact) mass is 586 g/mol. The average molecular weight is 587 g/mol. The third kappa shape index (κ3) is 5.64. The Bertz CT molecular complexity index is 2000. The van der Waals surface area contributed by atoms with Crippen LogP contribution in [0.15, 0.2) is 159 Å². The number of aryl methyl sites for hydroxylation is 1. The first kappa shape index (κ1) is 28.0. The van der Waals surface area contributed by atoms with Crippen molar-refractivity contribution in [2.45, 2.75) is 39.3 Å². The van der Waals surface area contributed by atoms with Gasteiger partial charge in [-0.05, 0) is 81.4 Å². The van der Waals surface area contributed by atoms with Gasteiger partial charge in [-0.1, -0.05) is 110 Å². The molecule has 0 aliphatic carbocycles. The van der Waals surface area contributed by atoms with Crippen LogP contribution in [-0.4, -0.2) is 13.0 Å². The number of benzene rings is 7. The quantitative estimate of drug-likeness (QED) is 0.111. The molecular formula is C37H30O3S2. The zero-order valence-electron chi connectivity index (χ0n) is 23.2. The van der Waals surface area contributed by atoms with Crippen LogP contribution >= 0.6 is 0 Å². The van der Waals surface area contributed by atoms with Crippen LogP contribution in [0.3, 0.4) is 0 Å². The second kappa shape index (κ2) is 12.0. The molecule has 0 amide bonds. The van der Waals surface area contributed by atoms with Gasteiger partial charge in [0.05, 0.1) is 15.8 Å². The average Bonchev–Trinajstić information content (AvgIpc) is 3.02. The maximum absolute atomic E-state index is 11.4. The lowest BCUT2D eigenvalue weighted by Gasteiger charge is -2.15. The molecule has 0 aliphatic heterocycles. The van der Waals surface area contributed by atoms with Crippen LogP contribution in [0.4, 0.5) is 0 Å². The Labute approximate surface area is 249 Å². The lowest BCUT2D eigenvalue weighted by atomic mass is 9.94. The SMILES string of the molecule is CCCc1ccc([S+](c2ccccc2)c2ccccc2)cc1.O=S(=O)([O-])c1ccc2ccc3cccc4ccc1c2c34. The molecule has 3 nitrogen and oxygen atoms in total. The fraction of sp³-hybridized carbons (Fsp3) is 0.0811. The number of hydrogen-bond donors (Lipinski definition) is 0. The van der Waals surface area contributed by atoms with E-state index in [9.17, 15) is 13.0 Å². The Kier molecular flexibility index (Phi) is 7.98. The molecule has 7 aromatic rings. The van der Waals surface area contributed by atoms with E-state index in [2.05, 4.69) is 91.9 Å². The van der Waals surface area contributed by atoms with Crippen LogP contribution in [0, 0.1) is 0 Å². The third-order valence-electron chi connectivity index (χ3n) is 7.41. The normalized spacial score (nSPS) is 11.7. The predicted molar refractivity (Wildman–Crippen MR) is 174 cm³/mol. The summed E-state index contributed by atoms with van der Waals surface area (Å²) >= 11 is 0. The van der Waals surface area contributed by atoms with E-state index in [-0.39, 0.29) is 15.8 Å². The van der Waals surface area contributed by atoms with Gasteiger partial charge in [-0.2, -0.15) is 0 Å². The summed E-state index contributed by atoms with van der Waals surface area (Å²) in [6.45, 7) is 2.23. The van der Waals surface area contributed by atoms with Crippen molar-refractivity contribution in [3.63, 3.8) is 0 Å². The van der Waals surface area contributed by atoms with E-state index < -0.39 is 10.1 Å². The second-order valence-electron chi connectivity index (χ2n) is 10.2. The minimum atomic E-state index is -4.48. The summed E-state index contributed by atoms with van der Waals surface area (Å²) in [5.41, 5.74) is 1.43. The van der Waals surface area contributed by atoms with Gasteiger partial charge < -0.3 is 4.55 Å². The van der Waals surface area contributed by atoms with Crippen LogP contribution in [-0.2, 0) is 27.4 Å². The highest BCUT2D eigenvalue weighted by molar-refractivity contribution is 7.97. The first-order valence-electron chi connectivity index (χ1n) is 14.0. The Hall–Kier alpha value is -4.16. The van der Waals surface area contributed by atoms with Gasteiger partial charge in [0.2, 0.25) is 0 Å². The summed E-state index contributed by atoms with van der Waals surface area (Å²) < 4.78 is 34.3. The second-order valence-corrected chi connectivity index (χ2v) is 13.6. The van der Waals surface area contributed by atoms with Crippen LogP contribution in [0.5, 0.6) is 0 Å². The van der Waals surface area contributed by atoms with Crippen molar-refractivity contribution >= 4 is 53.3 Å². The minimum Gasteiger partial charge on any atom is -0.744 e. The predicted octanol–water partition coefficient (Wildman–Crippen LogP) is 9.22. The molecule has 0 saturated carbocycles. The largest absolute Gasteiger partial charge is 0.744 e. The van der Waals surface area contributed by atoms with E-state index in [1.807, 2.05) is 36.4 Å². The molecule has 0 N–H and O–H groups in total. The first-order chi connectivity index (χ1) is 20.4. The molecule has 0 radical (unpaired) electrons. The van der Waals surface area contributed by atoms with Gasteiger partial charge in [0.1, 0.15) is 10.1 Å². The van der Waals surface area contributed by atoms with Gasteiger partial charge >= 0.3 is 0 Å². The van der Waals surface area contributed by atoms with Gasteiger partial charge in [-0.15, -0.1) is 0 Å². The van der Waals surface area contributed by atoms with E-state index in [0.717, 1.165) is 33.4 Å². The van der Waals surface area contributed by atoms with Crippen molar-refractivity contribution in [2.75, 3.05) is 0 Å². The van der Waals surface area contributed by atoms with Gasteiger partial charge in [0, 0.05) is 5.39 Å². The van der Waals surface area contributed by atoms with E-state index >= 15 is 0 Å². The molecule has 5 heteroatoms. The molecule has 7 aromatic carbocycles. The summed E-state index contributed by atoms with van der Waals surface area (Å²) in [5, 5.41) is 5.38. The molecule has 0 bridgehead atoms. The van der Waals surface area contributed by atoms with Crippen molar-refractivity contribution in [1.82, 2.24) is 0 Å². The molecule has 0 atom stereocenters. The minimum absolute atomic E-state index is 0.0268. The van der Waals surface area contributed by atoms with Crippen molar-refractivity contribution in [3.8, 4) is 0 Å². The van der Waals surface area contributed by atoms with E-state index in [4.69, 9.17) is 0 Å². The topological polar surface area (TPSA) is 57.2 Å². The highest BCUT2D eigenvalue weighted by Gasteiger charge is 2.27. The first-order valence-corrected chi connectivity index (χ1v) is 16.6. The zero-order valence-corrected chi connectivity index (χ0v) is 24.9. The van der Waals surface area contributed by atoms with Crippen molar-refractivity contribution in [1.29, 1.82) is 0 Å². The Morgan fingerprint density at radius 3 is 1.60 bits per heavy atom. The fourth-order valence-electron chi connectivity index (χ4n) is 5.53. The van der Waals surface area contributed by atoms with Crippen LogP contribution < -0.4 is 0 Å². The van der Waals surface area contributed by atoms with Crippen LogP contribution in [0.1, 0.15) is 18.9 Å². The lowest BCUT2D eigenvalue weighted by molar-refractivity contribution is 0.464. The van der Waals surface area contributed by atoms with E-state index in [0.29, 0.717) is 5.39 Å². The highest BCUT2D eigenvalue weighted by Crippen LogP contribution is 2.37. The van der Waals surface area contributed by atoms with Crippen LogP contribution in [0.25, 0.3) is 32.3 Å². The van der Waals surface area contributed by atoms with Crippen molar-refractivity contribution < 1.29 is 13.0 Å². The fourth-order valence-corrected chi connectivity index (χ4v) is 8.29. The van der Waals surface area contributed by atoms with Gasteiger partial charge in [-0.3, -0.25) is 0 Å². The Morgan fingerprint density at radius 2 is 1.05 bits per heavy atom. The molecule has 0 spiro atoms. The molecule has 0 unspecified atom stereocenters. The molecule has 0 aromatic heterocycles. The zero-order chi connectivity index (χ0) is 29.1. The summed E-state index contributed by atoms with van der Waals surface area (Å²) in [4.78, 5) is 3.98. The maximum atomic E-state index is 11.4. The highest BCUT2D eigenvalue weighted by atomic mass is 32.2. The summed E-state index contributed by atoms with van der Waals surface area (Å²) in [6.07, 6.45) is 2.35. The van der Waals surface area contributed by atoms with Gasteiger partial charge in [0.15, 0.2) is 14.7 Å². The molecule has 0 fully saturated rings. The van der Waals surface area contributed by atoms with E-state index in [1.165, 1.54) is 32.7 Å². The smallest absolute Gasteiger partial charge is 0.166 e. The summed E-state index contributed by atoms with van der Waals surface area (Å²) in [5.74, 6) is 0. The standard InChI is InChI=1S/C21H21S.C16H10O3S/c1-2-9-18-14-16-21(17-15-18)22(19-10-5-3-6-11-19)20-12-7-4-8-13-20;17-20(18,19)14-9-7-12-5-4-10-2-1-3-11-6-8-13(14)16(12)15(10)11/h3-8,10-17H,2,9H2,1H3;1-9H,(H,17,18,19)/q+1;/p-1. The van der Waals surface area contributed by atoms with Crippen LogP contribution in [0.2, 0.25) is 0 Å². The molecule has 0 saturated heterocycles. The van der Waals surface area contributed by atoms with Gasteiger partial charge in [-0.25, -0.2) is 8.42 Å².